The molecule has 0 heterocycles. The van der Waals surface area contributed by atoms with Gasteiger partial charge >= 0.3 is 5.97 Å². The van der Waals surface area contributed by atoms with Crippen molar-refractivity contribution < 1.29 is 34.2 Å². The van der Waals surface area contributed by atoms with Gasteiger partial charge in [0.1, 0.15) is 18.1 Å². The molecule has 4 atom stereocenters. The number of aliphatic hydroxyl groups is 1. The number of carboxylic acid groups (broad SMARTS) is 1. The molecule has 0 aliphatic carbocycles. The van der Waals surface area contributed by atoms with Crippen LogP contribution >= 0.6 is 0 Å². The van der Waals surface area contributed by atoms with Crippen LogP contribution in [0.15, 0.2) is 30.3 Å². The van der Waals surface area contributed by atoms with Gasteiger partial charge in [0.2, 0.25) is 23.6 Å². The Labute approximate surface area is 197 Å². The van der Waals surface area contributed by atoms with Gasteiger partial charge in [0.05, 0.1) is 19.1 Å². The van der Waals surface area contributed by atoms with E-state index in [1.54, 1.807) is 30.3 Å². The van der Waals surface area contributed by atoms with E-state index < -0.39 is 66.8 Å². The molecule has 12 heteroatoms. The number of nitrogens with one attached hydrogen (secondary N) is 3. The lowest BCUT2D eigenvalue weighted by Crippen LogP contribution is -2.58. The van der Waals surface area contributed by atoms with Gasteiger partial charge in [-0.15, -0.1) is 0 Å². The Bertz CT molecular complexity index is 862. The molecule has 0 aromatic heterocycles. The van der Waals surface area contributed by atoms with Crippen LogP contribution in [0, 0.1) is 5.92 Å². The standard InChI is InChI=1S/C22H33N5O7/c1-12(2)8-16(22(33)34)26-20(31)15(9-13-6-4-3-5-7-13)25-21(32)17(11-28)27-19(30)14(23)10-18(24)29/h3-7,12,14-17,28H,8-11,23H2,1-2H3,(H2,24,29)(H,25,32)(H,26,31)(H,27,30)(H,33,34). The number of aliphatic carboxylic acids is 1. The van der Waals surface area contributed by atoms with Crippen LogP contribution in [0.1, 0.15) is 32.3 Å². The second-order valence-corrected chi connectivity index (χ2v) is 8.30. The highest BCUT2D eigenvalue weighted by Gasteiger charge is 2.30. The van der Waals surface area contributed by atoms with E-state index >= 15 is 0 Å². The molecule has 1 rings (SSSR count). The zero-order chi connectivity index (χ0) is 25.8. The number of hydrogen-bond acceptors (Lipinski definition) is 7. The summed E-state index contributed by atoms with van der Waals surface area (Å²) in [6.07, 6.45) is -0.253. The third-order valence-corrected chi connectivity index (χ3v) is 4.81. The van der Waals surface area contributed by atoms with E-state index in [2.05, 4.69) is 16.0 Å². The van der Waals surface area contributed by atoms with Gasteiger partial charge < -0.3 is 37.6 Å². The first-order chi connectivity index (χ1) is 15.9. The number of primary amides is 1. The minimum absolute atomic E-state index is 0.0119. The predicted octanol–water partition coefficient (Wildman–Crippen LogP) is -1.99. The van der Waals surface area contributed by atoms with Crippen molar-refractivity contribution in [1.29, 1.82) is 0 Å². The van der Waals surface area contributed by atoms with Crippen molar-refractivity contribution in [3.63, 3.8) is 0 Å². The molecule has 0 saturated heterocycles. The molecule has 0 saturated carbocycles. The molecular weight excluding hydrogens is 446 g/mol. The third-order valence-electron chi connectivity index (χ3n) is 4.81. The Morgan fingerprint density at radius 1 is 0.882 bits per heavy atom. The molecule has 1 aromatic carbocycles. The number of aliphatic hydroxyl groups excluding tert-OH is 1. The first-order valence-electron chi connectivity index (χ1n) is 10.8. The fraction of sp³-hybridized carbons (Fsp3) is 0.500. The molecule has 0 aliphatic heterocycles. The maximum atomic E-state index is 12.9. The van der Waals surface area contributed by atoms with Crippen molar-refractivity contribution in [3.05, 3.63) is 35.9 Å². The quantitative estimate of drug-likeness (QED) is 0.158. The lowest BCUT2D eigenvalue weighted by Gasteiger charge is -2.25. The van der Waals surface area contributed by atoms with E-state index in [9.17, 15) is 34.2 Å². The van der Waals surface area contributed by atoms with Gasteiger partial charge in [0, 0.05) is 6.42 Å². The van der Waals surface area contributed by atoms with E-state index in [0.29, 0.717) is 5.56 Å². The maximum Gasteiger partial charge on any atom is 0.326 e. The Hall–Kier alpha value is -3.51. The molecule has 0 bridgehead atoms. The van der Waals surface area contributed by atoms with Crippen LogP contribution < -0.4 is 27.4 Å². The number of benzene rings is 1. The lowest BCUT2D eigenvalue weighted by atomic mass is 10.0. The van der Waals surface area contributed by atoms with Crippen LogP contribution in [0.2, 0.25) is 0 Å². The minimum atomic E-state index is -1.47. The molecule has 0 radical (unpaired) electrons. The summed E-state index contributed by atoms with van der Waals surface area (Å²) in [5.41, 5.74) is 11.2. The summed E-state index contributed by atoms with van der Waals surface area (Å²) in [7, 11) is 0. The second kappa shape index (κ2) is 13.9. The highest BCUT2D eigenvalue weighted by Crippen LogP contribution is 2.08. The number of carbonyl (C=O) groups is 5. The fourth-order valence-electron chi connectivity index (χ4n) is 3.08. The second-order valence-electron chi connectivity index (χ2n) is 8.30. The van der Waals surface area contributed by atoms with Gasteiger partial charge in [0.15, 0.2) is 0 Å². The van der Waals surface area contributed by atoms with Crippen LogP contribution in [-0.2, 0) is 30.4 Å². The molecule has 9 N–H and O–H groups in total. The van der Waals surface area contributed by atoms with Gasteiger partial charge in [-0.05, 0) is 17.9 Å². The third kappa shape index (κ3) is 9.96. The zero-order valence-electron chi connectivity index (χ0n) is 19.2. The van der Waals surface area contributed by atoms with Crippen LogP contribution in [0.25, 0.3) is 0 Å². The molecule has 0 aliphatic rings. The average Bonchev–Trinajstić information content (AvgIpc) is 2.75. The van der Waals surface area contributed by atoms with Crippen molar-refractivity contribution >= 4 is 29.6 Å². The van der Waals surface area contributed by atoms with Crippen molar-refractivity contribution in [3.8, 4) is 0 Å². The highest BCUT2D eigenvalue weighted by atomic mass is 16.4. The lowest BCUT2D eigenvalue weighted by molar-refractivity contribution is -0.142. The van der Waals surface area contributed by atoms with Gasteiger partial charge in [-0.25, -0.2) is 4.79 Å². The summed E-state index contributed by atoms with van der Waals surface area (Å²) in [6, 6.07) is 3.54. The molecule has 0 fully saturated rings. The summed E-state index contributed by atoms with van der Waals surface area (Å²) >= 11 is 0. The van der Waals surface area contributed by atoms with Gasteiger partial charge in [-0.1, -0.05) is 44.2 Å². The number of rotatable bonds is 14. The Kier molecular flexibility index (Phi) is 11.7. The van der Waals surface area contributed by atoms with E-state index in [1.165, 1.54) is 0 Å². The monoisotopic (exact) mass is 479 g/mol. The van der Waals surface area contributed by atoms with E-state index in [-0.39, 0.29) is 18.8 Å². The molecule has 0 spiro atoms. The highest BCUT2D eigenvalue weighted by molar-refractivity contribution is 5.95. The summed E-state index contributed by atoms with van der Waals surface area (Å²) in [5.74, 6) is -4.56. The van der Waals surface area contributed by atoms with E-state index in [4.69, 9.17) is 11.5 Å². The van der Waals surface area contributed by atoms with E-state index in [1.807, 2.05) is 13.8 Å². The van der Waals surface area contributed by atoms with Gasteiger partial charge in [-0.2, -0.15) is 0 Å². The average molecular weight is 480 g/mol. The molecule has 188 valence electrons. The molecule has 1 aromatic rings. The van der Waals surface area contributed by atoms with E-state index in [0.717, 1.165) is 0 Å². The number of hydrogen-bond donors (Lipinski definition) is 7. The summed E-state index contributed by atoms with van der Waals surface area (Å²) in [5, 5.41) is 26.1. The molecule has 34 heavy (non-hydrogen) atoms. The fourth-order valence-corrected chi connectivity index (χ4v) is 3.08. The Balaban J connectivity index is 3.01. The maximum absolute atomic E-state index is 12.9. The summed E-state index contributed by atoms with van der Waals surface area (Å²) < 4.78 is 0. The summed E-state index contributed by atoms with van der Waals surface area (Å²) in [6.45, 7) is 2.80. The first kappa shape index (κ1) is 28.5. The number of amides is 4. The van der Waals surface area contributed by atoms with Crippen molar-refractivity contribution in [2.75, 3.05) is 6.61 Å². The molecule has 4 amide bonds. The van der Waals surface area contributed by atoms with Crippen LogP contribution in [0.3, 0.4) is 0 Å². The van der Waals surface area contributed by atoms with Crippen LogP contribution in [-0.4, -0.2) is 70.6 Å². The smallest absolute Gasteiger partial charge is 0.326 e. The van der Waals surface area contributed by atoms with Gasteiger partial charge in [0.25, 0.3) is 0 Å². The SMILES string of the molecule is CC(C)CC(NC(=O)C(Cc1ccccc1)NC(=O)C(CO)NC(=O)C(N)CC(N)=O)C(=O)O. The first-order valence-corrected chi connectivity index (χ1v) is 10.8. The molecule has 12 nitrogen and oxygen atoms in total. The number of nitrogens with two attached hydrogens (primary N) is 2. The normalized spacial score (nSPS) is 14.4. The predicted molar refractivity (Wildman–Crippen MR) is 122 cm³/mol. The molecular formula is C22H33N5O7. The topological polar surface area (TPSA) is 214 Å². The zero-order valence-corrected chi connectivity index (χ0v) is 19.2. The van der Waals surface area contributed by atoms with Gasteiger partial charge in [-0.3, -0.25) is 19.2 Å². The van der Waals surface area contributed by atoms with Crippen molar-refractivity contribution in [2.24, 2.45) is 17.4 Å². The Morgan fingerprint density at radius 3 is 1.91 bits per heavy atom. The number of carbonyl (C=O) groups excluding carboxylic acids is 4. The summed E-state index contributed by atoms with van der Waals surface area (Å²) in [4.78, 5) is 60.3. The minimum Gasteiger partial charge on any atom is -0.480 e. The Morgan fingerprint density at radius 2 is 1.41 bits per heavy atom. The van der Waals surface area contributed by atoms with Crippen molar-refractivity contribution in [1.82, 2.24) is 16.0 Å². The largest absolute Gasteiger partial charge is 0.480 e. The van der Waals surface area contributed by atoms with Crippen LogP contribution in [0.4, 0.5) is 0 Å². The van der Waals surface area contributed by atoms with Crippen LogP contribution in [0.5, 0.6) is 0 Å². The molecule has 4 unspecified atom stereocenters. The van der Waals surface area contributed by atoms with Crippen molar-refractivity contribution in [2.45, 2.75) is 57.3 Å². The number of carboxylic acids is 1.